The van der Waals surface area contributed by atoms with Crippen molar-refractivity contribution in [3.8, 4) is 0 Å². The van der Waals surface area contributed by atoms with Crippen LogP contribution in [0.2, 0.25) is 0 Å². The molecule has 1 fully saturated rings. The zero-order valence-corrected chi connectivity index (χ0v) is 12.9. The Balaban J connectivity index is 1.65. The number of fused-ring (bicyclic) bond motifs is 1. The van der Waals surface area contributed by atoms with E-state index in [1.54, 1.807) is 0 Å². The zero-order chi connectivity index (χ0) is 14.9. The Hall–Kier alpha value is -2.28. The van der Waals surface area contributed by atoms with E-state index >= 15 is 0 Å². The van der Waals surface area contributed by atoms with E-state index in [-0.39, 0.29) is 0 Å². The fourth-order valence-electron chi connectivity index (χ4n) is 3.81. The lowest BCUT2D eigenvalue weighted by Gasteiger charge is -2.27. The molecule has 3 aromatic rings. The van der Waals surface area contributed by atoms with Crippen molar-refractivity contribution in [2.24, 2.45) is 0 Å². The minimum Gasteiger partial charge on any atom is -0.368 e. The Kier molecular flexibility index (Phi) is 3.34. The second-order valence-electron chi connectivity index (χ2n) is 6.27. The molecule has 4 rings (SSSR count). The molecule has 0 bridgehead atoms. The first kappa shape index (κ1) is 13.4. The van der Waals surface area contributed by atoms with E-state index in [2.05, 4.69) is 84.6 Å². The van der Waals surface area contributed by atoms with Gasteiger partial charge in [-0.05, 0) is 41.8 Å². The molecule has 0 aromatic heterocycles. The van der Waals surface area contributed by atoms with Crippen LogP contribution in [0.5, 0.6) is 0 Å². The van der Waals surface area contributed by atoms with E-state index < -0.39 is 0 Å². The molecule has 0 aliphatic carbocycles. The van der Waals surface area contributed by atoms with Gasteiger partial charge < -0.3 is 4.90 Å². The highest BCUT2D eigenvalue weighted by atomic mass is 15.2. The van der Waals surface area contributed by atoms with Crippen LogP contribution in [-0.2, 0) is 0 Å². The third-order valence-corrected chi connectivity index (χ3v) is 5.04. The topological polar surface area (TPSA) is 3.24 Å². The van der Waals surface area contributed by atoms with E-state index in [4.69, 9.17) is 0 Å². The van der Waals surface area contributed by atoms with Crippen molar-refractivity contribution >= 4 is 16.5 Å². The lowest BCUT2D eigenvalue weighted by molar-refractivity contribution is 0.636. The van der Waals surface area contributed by atoms with Crippen LogP contribution in [0.1, 0.15) is 24.8 Å². The molecule has 1 heteroatoms. The fourth-order valence-corrected chi connectivity index (χ4v) is 3.81. The lowest BCUT2D eigenvalue weighted by atomic mass is 9.91. The lowest BCUT2D eigenvalue weighted by Crippen LogP contribution is -2.29. The number of nitrogens with zero attached hydrogens (tertiary/aromatic N) is 1. The second kappa shape index (κ2) is 5.49. The molecule has 0 unspecified atom stereocenters. The van der Waals surface area contributed by atoms with E-state index in [1.165, 1.54) is 28.4 Å². The van der Waals surface area contributed by atoms with Gasteiger partial charge in [-0.15, -0.1) is 0 Å². The van der Waals surface area contributed by atoms with Gasteiger partial charge in [0.2, 0.25) is 0 Å². The third-order valence-electron chi connectivity index (χ3n) is 5.04. The van der Waals surface area contributed by atoms with Crippen molar-refractivity contribution in [1.82, 2.24) is 0 Å². The van der Waals surface area contributed by atoms with Gasteiger partial charge in [0, 0.05) is 24.2 Å². The molecule has 22 heavy (non-hydrogen) atoms. The van der Waals surface area contributed by atoms with Gasteiger partial charge in [0.1, 0.15) is 0 Å². The molecule has 0 radical (unpaired) electrons. The number of benzene rings is 3. The molecule has 1 heterocycles. The minimum absolute atomic E-state index is 0.545. The molecule has 1 nitrogen and oxygen atoms in total. The van der Waals surface area contributed by atoms with Crippen LogP contribution >= 0.6 is 0 Å². The van der Waals surface area contributed by atoms with Crippen LogP contribution in [0.3, 0.4) is 0 Å². The highest BCUT2D eigenvalue weighted by molar-refractivity contribution is 5.83. The predicted molar refractivity (Wildman–Crippen MR) is 94.6 cm³/mol. The number of anilines is 1. The van der Waals surface area contributed by atoms with Crippen molar-refractivity contribution in [3.63, 3.8) is 0 Å². The maximum absolute atomic E-state index is 2.54. The largest absolute Gasteiger partial charge is 0.368 e. The van der Waals surface area contributed by atoms with Crippen molar-refractivity contribution in [2.75, 3.05) is 11.4 Å². The summed E-state index contributed by atoms with van der Waals surface area (Å²) in [5.74, 6) is 0.616. The van der Waals surface area contributed by atoms with E-state index in [9.17, 15) is 0 Å². The minimum atomic E-state index is 0.545. The van der Waals surface area contributed by atoms with E-state index in [0.717, 1.165) is 6.54 Å². The highest BCUT2D eigenvalue weighted by Gasteiger charge is 2.31. The first-order valence-electron chi connectivity index (χ1n) is 8.13. The van der Waals surface area contributed by atoms with Crippen LogP contribution in [0.25, 0.3) is 10.8 Å². The maximum Gasteiger partial charge on any atom is 0.0368 e. The Bertz CT molecular complexity index is 778. The van der Waals surface area contributed by atoms with Gasteiger partial charge in [0.05, 0.1) is 0 Å². The number of hydrogen-bond acceptors (Lipinski definition) is 1. The van der Waals surface area contributed by atoms with Gasteiger partial charge >= 0.3 is 0 Å². The molecular formula is C21H21N. The summed E-state index contributed by atoms with van der Waals surface area (Å²) in [6, 6.07) is 26.9. The smallest absolute Gasteiger partial charge is 0.0368 e. The SMILES string of the molecule is C[C@H]1[C@H](c2ccc3ccccc3c2)CCN1c1ccccc1. The first-order chi connectivity index (χ1) is 10.8. The molecule has 1 saturated heterocycles. The molecule has 3 aromatic carbocycles. The van der Waals surface area contributed by atoms with Gasteiger partial charge in [0.25, 0.3) is 0 Å². The second-order valence-corrected chi connectivity index (χ2v) is 6.27. The summed E-state index contributed by atoms with van der Waals surface area (Å²) in [6.07, 6.45) is 1.23. The van der Waals surface area contributed by atoms with Gasteiger partial charge in [-0.25, -0.2) is 0 Å². The van der Waals surface area contributed by atoms with Crippen LogP contribution in [-0.4, -0.2) is 12.6 Å². The van der Waals surface area contributed by atoms with Crippen LogP contribution in [0.4, 0.5) is 5.69 Å². The van der Waals surface area contributed by atoms with Crippen molar-refractivity contribution in [3.05, 3.63) is 78.4 Å². The summed E-state index contributed by atoms with van der Waals surface area (Å²) in [4.78, 5) is 2.54. The van der Waals surface area contributed by atoms with Crippen molar-refractivity contribution < 1.29 is 0 Å². The van der Waals surface area contributed by atoms with Gasteiger partial charge in [-0.2, -0.15) is 0 Å². The fraction of sp³-hybridized carbons (Fsp3) is 0.238. The molecule has 0 amide bonds. The van der Waals surface area contributed by atoms with Gasteiger partial charge in [-0.1, -0.05) is 60.7 Å². The standard InChI is InChI=1S/C21H21N/c1-16-21(13-14-22(16)20-9-3-2-4-10-20)19-12-11-17-7-5-6-8-18(17)15-19/h2-12,15-16,21H,13-14H2,1H3/t16-,21+/m0/s1. The summed E-state index contributed by atoms with van der Waals surface area (Å²) < 4.78 is 0. The molecule has 110 valence electrons. The highest BCUT2D eigenvalue weighted by Crippen LogP contribution is 2.37. The average Bonchev–Trinajstić information content (AvgIpc) is 2.97. The van der Waals surface area contributed by atoms with Crippen LogP contribution in [0.15, 0.2) is 72.8 Å². The average molecular weight is 287 g/mol. The van der Waals surface area contributed by atoms with E-state index in [0.29, 0.717) is 12.0 Å². The summed E-state index contributed by atoms with van der Waals surface area (Å²) >= 11 is 0. The Morgan fingerprint density at radius 3 is 2.36 bits per heavy atom. The Morgan fingerprint density at radius 2 is 1.55 bits per heavy atom. The van der Waals surface area contributed by atoms with Crippen LogP contribution in [0, 0.1) is 0 Å². The van der Waals surface area contributed by atoms with Crippen LogP contribution < -0.4 is 4.90 Å². The summed E-state index contributed by atoms with van der Waals surface area (Å²) in [6.45, 7) is 3.50. The van der Waals surface area contributed by atoms with Gasteiger partial charge in [-0.3, -0.25) is 0 Å². The summed E-state index contributed by atoms with van der Waals surface area (Å²) in [5.41, 5.74) is 2.82. The quantitative estimate of drug-likeness (QED) is 0.624. The molecule has 1 aliphatic heterocycles. The third kappa shape index (κ3) is 2.27. The zero-order valence-electron chi connectivity index (χ0n) is 12.9. The normalized spacial score (nSPS) is 21.4. The van der Waals surface area contributed by atoms with Gasteiger partial charge in [0.15, 0.2) is 0 Å². The Morgan fingerprint density at radius 1 is 0.818 bits per heavy atom. The van der Waals surface area contributed by atoms with Crippen molar-refractivity contribution in [2.45, 2.75) is 25.3 Å². The molecule has 0 saturated carbocycles. The number of hydrogen-bond donors (Lipinski definition) is 0. The summed E-state index contributed by atoms with van der Waals surface area (Å²) in [7, 11) is 0. The summed E-state index contributed by atoms with van der Waals surface area (Å²) in [5, 5.41) is 2.68. The number of para-hydroxylation sites is 1. The molecule has 2 atom stereocenters. The first-order valence-corrected chi connectivity index (χ1v) is 8.13. The number of rotatable bonds is 2. The molecule has 0 N–H and O–H groups in total. The monoisotopic (exact) mass is 287 g/mol. The van der Waals surface area contributed by atoms with E-state index in [1.807, 2.05) is 0 Å². The van der Waals surface area contributed by atoms with Crippen molar-refractivity contribution in [1.29, 1.82) is 0 Å². The Labute approximate surface area is 132 Å². The maximum atomic E-state index is 2.54. The molecule has 0 spiro atoms. The molecule has 1 aliphatic rings. The molecular weight excluding hydrogens is 266 g/mol. The predicted octanol–water partition coefficient (Wildman–Crippen LogP) is 5.22.